The molecule has 1 aromatic heterocycles. The van der Waals surface area contributed by atoms with Crippen LogP contribution in [0.4, 0.5) is 11.5 Å². The van der Waals surface area contributed by atoms with Gasteiger partial charge in [0, 0.05) is 13.1 Å². The standard InChI is InChI=1S/C13H26N4/c1-6-10(7-2)9(4)15-13-12(14)11(8-3)16-17(13)5/h9-10,15H,6-8,14H2,1-5H3. The quantitative estimate of drug-likeness (QED) is 0.801. The monoisotopic (exact) mass is 238 g/mol. The van der Waals surface area contributed by atoms with Gasteiger partial charge in [-0.1, -0.05) is 33.6 Å². The minimum Gasteiger partial charge on any atom is -0.394 e. The van der Waals surface area contributed by atoms with Gasteiger partial charge in [0.2, 0.25) is 0 Å². The Bertz CT molecular complexity index is 353. The maximum absolute atomic E-state index is 6.10. The molecule has 1 rings (SSSR count). The van der Waals surface area contributed by atoms with Gasteiger partial charge >= 0.3 is 0 Å². The van der Waals surface area contributed by atoms with Crippen LogP contribution < -0.4 is 11.1 Å². The third-order valence-corrected chi connectivity index (χ3v) is 3.62. The number of nitrogens with zero attached hydrogens (tertiary/aromatic N) is 2. The Morgan fingerprint density at radius 3 is 2.29 bits per heavy atom. The van der Waals surface area contributed by atoms with Crippen LogP contribution in [0.25, 0.3) is 0 Å². The predicted molar refractivity (Wildman–Crippen MR) is 74.2 cm³/mol. The highest BCUT2D eigenvalue weighted by atomic mass is 15.3. The number of anilines is 2. The Morgan fingerprint density at radius 1 is 1.29 bits per heavy atom. The van der Waals surface area contributed by atoms with Crippen molar-refractivity contribution in [2.45, 2.75) is 53.0 Å². The van der Waals surface area contributed by atoms with Gasteiger partial charge in [-0.2, -0.15) is 5.10 Å². The van der Waals surface area contributed by atoms with Crippen LogP contribution in [-0.4, -0.2) is 15.8 Å². The molecule has 0 aromatic carbocycles. The molecule has 3 N–H and O–H groups in total. The van der Waals surface area contributed by atoms with Crippen LogP contribution in [0.5, 0.6) is 0 Å². The van der Waals surface area contributed by atoms with E-state index >= 15 is 0 Å². The first-order valence-corrected chi connectivity index (χ1v) is 6.62. The average molecular weight is 238 g/mol. The Labute approximate surface area is 105 Å². The highest BCUT2D eigenvalue weighted by Gasteiger charge is 2.18. The zero-order valence-electron chi connectivity index (χ0n) is 11.7. The number of aryl methyl sites for hydroxylation is 2. The third kappa shape index (κ3) is 2.93. The summed E-state index contributed by atoms with van der Waals surface area (Å²) in [5.74, 6) is 1.63. The Morgan fingerprint density at radius 2 is 1.88 bits per heavy atom. The number of nitrogens with one attached hydrogen (secondary N) is 1. The lowest BCUT2D eigenvalue weighted by Gasteiger charge is -2.23. The number of rotatable bonds is 6. The predicted octanol–water partition coefficient (Wildman–Crippen LogP) is 2.80. The summed E-state index contributed by atoms with van der Waals surface area (Å²) in [7, 11) is 1.94. The lowest BCUT2D eigenvalue weighted by molar-refractivity contribution is 0.435. The molecule has 17 heavy (non-hydrogen) atoms. The number of nitrogens with two attached hydrogens (primary N) is 1. The zero-order valence-corrected chi connectivity index (χ0v) is 11.7. The maximum Gasteiger partial charge on any atom is 0.147 e. The molecular formula is C13H26N4. The number of aromatic nitrogens is 2. The van der Waals surface area contributed by atoms with Gasteiger partial charge < -0.3 is 11.1 Å². The van der Waals surface area contributed by atoms with Crippen LogP contribution in [-0.2, 0) is 13.5 Å². The molecule has 1 atom stereocenters. The van der Waals surface area contributed by atoms with Crippen molar-refractivity contribution in [3.63, 3.8) is 0 Å². The average Bonchev–Trinajstić information content (AvgIpc) is 2.58. The van der Waals surface area contributed by atoms with E-state index in [0.29, 0.717) is 12.0 Å². The molecule has 0 saturated carbocycles. The third-order valence-electron chi connectivity index (χ3n) is 3.62. The van der Waals surface area contributed by atoms with Gasteiger partial charge in [-0.25, -0.2) is 0 Å². The van der Waals surface area contributed by atoms with Crippen molar-refractivity contribution in [1.82, 2.24) is 9.78 Å². The minimum absolute atomic E-state index is 0.424. The summed E-state index contributed by atoms with van der Waals surface area (Å²) in [5.41, 5.74) is 7.88. The second-order valence-corrected chi connectivity index (χ2v) is 4.70. The van der Waals surface area contributed by atoms with E-state index in [0.717, 1.165) is 23.6 Å². The van der Waals surface area contributed by atoms with Crippen LogP contribution in [0.1, 0.15) is 46.2 Å². The molecule has 4 nitrogen and oxygen atoms in total. The first-order chi connectivity index (χ1) is 8.04. The van der Waals surface area contributed by atoms with Gasteiger partial charge in [0.25, 0.3) is 0 Å². The van der Waals surface area contributed by atoms with E-state index in [-0.39, 0.29) is 0 Å². The summed E-state index contributed by atoms with van der Waals surface area (Å²) >= 11 is 0. The summed E-state index contributed by atoms with van der Waals surface area (Å²) in [4.78, 5) is 0. The van der Waals surface area contributed by atoms with Crippen molar-refractivity contribution in [1.29, 1.82) is 0 Å². The molecule has 0 saturated heterocycles. The fraction of sp³-hybridized carbons (Fsp3) is 0.769. The van der Waals surface area contributed by atoms with Gasteiger partial charge in [-0.15, -0.1) is 0 Å². The van der Waals surface area contributed by atoms with Crippen molar-refractivity contribution < 1.29 is 0 Å². The normalized spacial score (nSPS) is 13.1. The lowest BCUT2D eigenvalue weighted by atomic mass is 9.95. The number of nitrogen functional groups attached to an aromatic ring is 1. The van der Waals surface area contributed by atoms with Crippen LogP contribution in [0.2, 0.25) is 0 Å². The molecule has 0 amide bonds. The topological polar surface area (TPSA) is 55.9 Å². The molecule has 0 fully saturated rings. The Kier molecular flexibility index (Phi) is 4.85. The van der Waals surface area contributed by atoms with Gasteiger partial charge in [0.1, 0.15) is 5.82 Å². The Hall–Kier alpha value is -1.19. The summed E-state index contributed by atoms with van der Waals surface area (Å²) < 4.78 is 1.85. The van der Waals surface area contributed by atoms with E-state index in [1.807, 2.05) is 11.7 Å². The van der Waals surface area contributed by atoms with Gasteiger partial charge in [-0.05, 0) is 19.3 Å². The highest BCUT2D eigenvalue weighted by molar-refractivity contribution is 5.65. The van der Waals surface area contributed by atoms with Crippen molar-refractivity contribution in [2.75, 3.05) is 11.1 Å². The maximum atomic E-state index is 6.10. The summed E-state index contributed by atoms with van der Waals surface area (Å²) in [6, 6.07) is 0.424. The SMILES string of the molecule is CCc1nn(C)c(NC(C)C(CC)CC)c1N. The van der Waals surface area contributed by atoms with Crippen molar-refractivity contribution in [3.05, 3.63) is 5.69 Å². The first-order valence-electron chi connectivity index (χ1n) is 6.62. The molecule has 1 heterocycles. The second kappa shape index (κ2) is 5.94. The fourth-order valence-corrected chi connectivity index (χ4v) is 2.36. The van der Waals surface area contributed by atoms with Crippen LogP contribution in [0.15, 0.2) is 0 Å². The van der Waals surface area contributed by atoms with E-state index < -0.39 is 0 Å². The number of hydrogen-bond acceptors (Lipinski definition) is 3. The van der Waals surface area contributed by atoms with E-state index in [9.17, 15) is 0 Å². The molecule has 0 radical (unpaired) electrons. The largest absolute Gasteiger partial charge is 0.394 e. The summed E-state index contributed by atoms with van der Waals surface area (Å²) in [6.45, 7) is 8.76. The van der Waals surface area contributed by atoms with Crippen molar-refractivity contribution in [2.24, 2.45) is 13.0 Å². The van der Waals surface area contributed by atoms with Gasteiger partial charge in [0.05, 0.1) is 11.4 Å². The van der Waals surface area contributed by atoms with Gasteiger partial charge in [-0.3, -0.25) is 4.68 Å². The molecule has 1 unspecified atom stereocenters. The zero-order chi connectivity index (χ0) is 13.0. The molecular weight excluding hydrogens is 212 g/mol. The van der Waals surface area contributed by atoms with Crippen LogP contribution >= 0.6 is 0 Å². The van der Waals surface area contributed by atoms with E-state index in [2.05, 4.69) is 38.1 Å². The molecule has 4 heteroatoms. The van der Waals surface area contributed by atoms with Crippen LogP contribution in [0, 0.1) is 5.92 Å². The highest BCUT2D eigenvalue weighted by Crippen LogP contribution is 2.25. The van der Waals surface area contributed by atoms with E-state index in [1.165, 1.54) is 12.8 Å². The van der Waals surface area contributed by atoms with Crippen molar-refractivity contribution >= 4 is 11.5 Å². The minimum atomic E-state index is 0.424. The van der Waals surface area contributed by atoms with E-state index in [4.69, 9.17) is 5.73 Å². The molecule has 1 aromatic rings. The second-order valence-electron chi connectivity index (χ2n) is 4.70. The molecule has 98 valence electrons. The molecule has 0 aliphatic carbocycles. The molecule has 0 spiro atoms. The van der Waals surface area contributed by atoms with E-state index in [1.54, 1.807) is 0 Å². The van der Waals surface area contributed by atoms with Crippen molar-refractivity contribution in [3.8, 4) is 0 Å². The molecule has 0 aliphatic rings. The van der Waals surface area contributed by atoms with Crippen LogP contribution in [0.3, 0.4) is 0 Å². The van der Waals surface area contributed by atoms with Gasteiger partial charge in [0.15, 0.2) is 0 Å². The summed E-state index contributed by atoms with van der Waals surface area (Å²) in [5, 5.41) is 7.93. The lowest BCUT2D eigenvalue weighted by Crippen LogP contribution is -2.26. The smallest absolute Gasteiger partial charge is 0.147 e. The molecule has 0 aliphatic heterocycles. The first kappa shape index (κ1) is 13.9. The Balaban J connectivity index is 2.84. The number of hydrogen-bond donors (Lipinski definition) is 2. The summed E-state index contributed by atoms with van der Waals surface area (Å²) in [6.07, 6.45) is 3.24. The fourth-order valence-electron chi connectivity index (χ4n) is 2.36. The molecule has 0 bridgehead atoms.